The molecule has 1 atom stereocenters. The van der Waals surface area contributed by atoms with Gasteiger partial charge in [0.1, 0.15) is 6.04 Å². The number of carboxylic acid groups (broad SMARTS) is 2. The van der Waals surface area contributed by atoms with E-state index >= 15 is 0 Å². The molecule has 0 aromatic carbocycles. The molecule has 31 heavy (non-hydrogen) atoms. The molecule has 0 spiro atoms. The van der Waals surface area contributed by atoms with Crippen LogP contribution in [0.3, 0.4) is 0 Å². The van der Waals surface area contributed by atoms with Crippen LogP contribution in [0, 0.1) is 0 Å². The zero-order valence-electron chi connectivity index (χ0n) is 18.8. The normalized spacial score (nSPS) is 12.4. The van der Waals surface area contributed by atoms with Crippen LogP contribution in [-0.4, -0.2) is 45.8 Å². The lowest BCUT2D eigenvalue weighted by Gasteiger charge is -2.12. The summed E-state index contributed by atoms with van der Waals surface area (Å²) in [4.78, 5) is 33.2. The Labute approximate surface area is 186 Å². The van der Waals surface area contributed by atoms with Gasteiger partial charge in [-0.2, -0.15) is 0 Å². The Bertz CT molecular complexity index is 544. The second-order valence-corrected chi connectivity index (χ2v) is 7.81. The van der Waals surface area contributed by atoms with Crippen molar-refractivity contribution in [3.63, 3.8) is 0 Å². The first-order valence-electron chi connectivity index (χ1n) is 11.6. The second kappa shape index (κ2) is 21.1. The van der Waals surface area contributed by atoms with Gasteiger partial charge in [-0.3, -0.25) is 9.59 Å². The van der Waals surface area contributed by atoms with Gasteiger partial charge in [-0.25, -0.2) is 4.79 Å². The van der Waals surface area contributed by atoms with E-state index in [0.29, 0.717) is 6.42 Å². The number of carbonyl (C=O) groups is 3. The van der Waals surface area contributed by atoms with Crippen molar-refractivity contribution >= 4 is 17.8 Å². The molecule has 0 heterocycles. The molecule has 0 aliphatic heterocycles. The van der Waals surface area contributed by atoms with E-state index in [1.165, 1.54) is 32.1 Å². The topological polar surface area (TPSA) is 124 Å². The lowest BCUT2D eigenvalue weighted by molar-refractivity contribution is -0.147. The number of carbonyl (C=O) groups excluding carboxylic acids is 1. The van der Waals surface area contributed by atoms with Crippen LogP contribution in [0.2, 0.25) is 0 Å². The maximum Gasteiger partial charge on any atom is 0.326 e. The first kappa shape index (κ1) is 28.9. The fraction of sp³-hybridized carbons (Fsp3) is 0.708. The Morgan fingerprint density at radius 3 is 1.58 bits per heavy atom. The number of aliphatic hydroxyl groups is 1. The number of amides is 1. The number of allylic oxidation sites excluding steroid dienone is 4. The average molecular weight is 440 g/mol. The van der Waals surface area contributed by atoms with Gasteiger partial charge in [0.05, 0.1) is 6.42 Å². The molecular formula is C24H41NO6. The quantitative estimate of drug-likeness (QED) is 0.153. The monoisotopic (exact) mass is 439 g/mol. The van der Waals surface area contributed by atoms with Crippen LogP contribution in [0.5, 0.6) is 0 Å². The van der Waals surface area contributed by atoms with E-state index in [2.05, 4.69) is 29.6 Å². The van der Waals surface area contributed by atoms with E-state index in [1.807, 2.05) is 0 Å². The number of aliphatic carboxylic acids is 2. The zero-order valence-corrected chi connectivity index (χ0v) is 18.8. The summed E-state index contributed by atoms with van der Waals surface area (Å²) in [5.41, 5.74) is 0. The number of rotatable bonds is 21. The van der Waals surface area contributed by atoms with Crippen molar-refractivity contribution < 1.29 is 29.7 Å². The van der Waals surface area contributed by atoms with Crippen molar-refractivity contribution in [1.82, 2.24) is 5.32 Å². The molecule has 1 amide bonds. The molecule has 0 fully saturated rings. The summed E-state index contributed by atoms with van der Waals surface area (Å²) in [5.74, 6) is -3.01. The Morgan fingerprint density at radius 2 is 1.13 bits per heavy atom. The number of nitrogens with one attached hydrogen (secondary N) is 1. The van der Waals surface area contributed by atoms with Gasteiger partial charge in [-0.05, 0) is 64.2 Å². The minimum atomic E-state index is -1.37. The van der Waals surface area contributed by atoms with Crippen molar-refractivity contribution in [3.8, 4) is 0 Å². The summed E-state index contributed by atoms with van der Waals surface area (Å²) in [6.07, 6.45) is 22.2. The lowest BCUT2D eigenvalue weighted by atomic mass is 10.1. The highest BCUT2D eigenvalue weighted by molar-refractivity contribution is 5.86. The summed E-state index contributed by atoms with van der Waals surface area (Å²) in [5, 5.41) is 28.5. The maximum atomic E-state index is 11.7. The van der Waals surface area contributed by atoms with E-state index in [-0.39, 0.29) is 13.0 Å². The van der Waals surface area contributed by atoms with Crippen LogP contribution in [0.4, 0.5) is 0 Å². The van der Waals surface area contributed by atoms with Gasteiger partial charge in [-0.15, -0.1) is 0 Å². The van der Waals surface area contributed by atoms with Gasteiger partial charge in [0.25, 0.3) is 0 Å². The molecule has 0 saturated heterocycles. The Kier molecular flexibility index (Phi) is 19.6. The smallest absolute Gasteiger partial charge is 0.326 e. The number of unbranched alkanes of at least 4 members (excludes halogenated alkanes) is 10. The third-order valence-electron chi connectivity index (χ3n) is 4.89. The standard InChI is InChI=1S/C24H41NO6/c26-19-17-15-13-11-9-7-5-3-1-2-4-6-8-10-12-14-16-18-22(27)25-21(24(30)31)20-23(28)29/h8-11,21,26H,1-7,12-20H2,(H,25,27)(H,28,29)(H,30,31)/b10-8-,11-9-/t21-/m0/s1. The van der Waals surface area contributed by atoms with Crippen molar-refractivity contribution in [2.24, 2.45) is 0 Å². The number of aliphatic hydroxyl groups excluding tert-OH is 1. The molecule has 0 aromatic heterocycles. The lowest BCUT2D eigenvalue weighted by Crippen LogP contribution is -2.42. The summed E-state index contributed by atoms with van der Waals surface area (Å²) >= 11 is 0. The molecule has 0 rings (SSSR count). The van der Waals surface area contributed by atoms with Crippen LogP contribution >= 0.6 is 0 Å². The highest BCUT2D eigenvalue weighted by Gasteiger charge is 2.22. The number of hydrogen-bond acceptors (Lipinski definition) is 4. The summed E-state index contributed by atoms with van der Waals surface area (Å²) < 4.78 is 0. The van der Waals surface area contributed by atoms with Crippen LogP contribution < -0.4 is 5.32 Å². The molecule has 0 unspecified atom stereocenters. The van der Waals surface area contributed by atoms with Crippen molar-refractivity contribution in [2.75, 3.05) is 6.61 Å². The van der Waals surface area contributed by atoms with Gasteiger partial charge in [0.2, 0.25) is 5.91 Å². The van der Waals surface area contributed by atoms with Crippen LogP contribution in [0.1, 0.15) is 96.3 Å². The van der Waals surface area contributed by atoms with Gasteiger partial charge >= 0.3 is 11.9 Å². The second-order valence-electron chi connectivity index (χ2n) is 7.81. The van der Waals surface area contributed by atoms with Crippen molar-refractivity contribution in [3.05, 3.63) is 24.3 Å². The molecular weight excluding hydrogens is 398 g/mol. The van der Waals surface area contributed by atoms with Crippen molar-refractivity contribution in [1.29, 1.82) is 0 Å². The van der Waals surface area contributed by atoms with Gasteiger partial charge < -0.3 is 20.6 Å². The van der Waals surface area contributed by atoms with Gasteiger partial charge in [0.15, 0.2) is 0 Å². The Balaban J connectivity index is 3.50. The average Bonchev–Trinajstić information content (AvgIpc) is 2.72. The van der Waals surface area contributed by atoms with E-state index < -0.39 is 30.3 Å². The minimum Gasteiger partial charge on any atom is -0.481 e. The Morgan fingerprint density at radius 1 is 0.677 bits per heavy atom. The molecule has 0 aliphatic carbocycles. The molecule has 4 N–H and O–H groups in total. The van der Waals surface area contributed by atoms with E-state index in [9.17, 15) is 14.4 Å². The molecule has 178 valence electrons. The summed E-state index contributed by atoms with van der Waals surface area (Å²) in [6, 6.07) is -1.37. The van der Waals surface area contributed by atoms with Crippen LogP contribution in [0.25, 0.3) is 0 Å². The van der Waals surface area contributed by atoms with E-state index in [0.717, 1.165) is 44.9 Å². The maximum absolute atomic E-state index is 11.7. The number of hydrogen-bond donors (Lipinski definition) is 4. The third kappa shape index (κ3) is 20.9. The van der Waals surface area contributed by atoms with E-state index in [1.54, 1.807) is 0 Å². The fourth-order valence-corrected chi connectivity index (χ4v) is 3.09. The fourth-order valence-electron chi connectivity index (χ4n) is 3.09. The van der Waals surface area contributed by atoms with Crippen molar-refractivity contribution in [2.45, 2.75) is 102 Å². The first-order valence-corrected chi connectivity index (χ1v) is 11.6. The minimum absolute atomic E-state index is 0.203. The molecule has 0 saturated carbocycles. The van der Waals surface area contributed by atoms with Crippen LogP contribution in [-0.2, 0) is 14.4 Å². The van der Waals surface area contributed by atoms with E-state index in [4.69, 9.17) is 15.3 Å². The van der Waals surface area contributed by atoms with Gasteiger partial charge in [0, 0.05) is 13.0 Å². The van der Waals surface area contributed by atoms with Gasteiger partial charge in [-0.1, -0.05) is 43.6 Å². The highest BCUT2D eigenvalue weighted by atomic mass is 16.4. The molecule has 0 bridgehead atoms. The molecule has 0 radical (unpaired) electrons. The van der Waals surface area contributed by atoms with Crippen LogP contribution in [0.15, 0.2) is 24.3 Å². The molecule has 7 nitrogen and oxygen atoms in total. The Hall–Kier alpha value is -2.15. The largest absolute Gasteiger partial charge is 0.481 e. The first-order chi connectivity index (χ1) is 15.0. The third-order valence-corrected chi connectivity index (χ3v) is 4.89. The summed E-state index contributed by atoms with van der Waals surface area (Å²) in [7, 11) is 0. The number of carboxylic acids is 2. The predicted octanol–water partition coefficient (Wildman–Crippen LogP) is 4.60. The zero-order chi connectivity index (χ0) is 23.2. The SMILES string of the molecule is O=C(O)C[C@H](NC(=O)CCCC/C=C\CCCCCCC/C=C\CCCCO)C(=O)O. The molecule has 0 aliphatic rings. The summed E-state index contributed by atoms with van der Waals surface area (Å²) in [6.45, 7) is 0.288. The predicted molar refractivity (Wildman–Crippen MR) is 122 cm³/mol. The highest BCUT2D eigenvalue weighted by Crippen LogP contribution is 2.09. The molecule has 7 heteroatoms. The molecule has 0 aromatic rings.